The van der Waals surface area contributed by atoms with Gasteiger partial charge in [-0.15, -0.1) is 11.3 Å². The lowest BCUT2D eigenvalue weighted by Gasteiger charge is -2.03. The second kappa shape index (κ2) is 4.55. The average Bonchev–Trinajstić information content (AvgIpc) is 2.60. The zero-order valence-electron chi connectivity index (χ0n) is 9.60. The van der Waals surface area contributed by atoms with Crippen LogP contribution >= 0.6 is 11.3 Å². The van der Waals surface area contributed by atoms with Crippen LogP contribution in [0.5, 0.6) is 0 Å². The first-order valence-corrected chi connectivity index (χ1v) is 7.40. The highest BCUT2D eigenvalue weighted by Crippen LogP contribution is 2.32. The lowest BCUT2D eigenvalue weighted by atomic mass is 10.2. The number of ether oxygens (including phenoxy) is 1. The molecule has 4 nitrogen and oxygen atoms in total. The van der Waals surface area contributed by atoms with Crippen LogP contribution in [0.25, 0.3) is 0 Å². The van der Waals surface area contributed by atoms with E-state index in [-0.39, 0.29) is 10.8 Å². The van der Waals surface area contributed by atoms with E-state index in [0.717, 1.165) is 6.26 Å². The number of rotatable bonds is 3. The Bertz CT molecular complexity index is 497. The molecule has 6 heteroatoms. The van der Waals surface area contributed by atoms with Gasteiger partial charge in [0.25, 0.3) is 0 Å². The van der Waals surface area contributed by atoms with Crippen LogP contribution < -0.4 is 0 Å². The number of sulfone groups is 1. The van der Waals surface area contributed by atoms with Crippen molar-refractivity contribution in [2.75, 3.05) is 13.4 Å². The van der Waals surface area contributed by atoms with Gasteiger partial charge in [0.1, 0.15) is 4.88 Å². The van der Waals surface area contributed by atoms with Gasteiger partial charge in [0.05, 0.1) is 12.0 Å². The molecule has 1 aromatic rings. The fourth-order valence-electron chi connectivity index (χ4n) is 1.28. The average molecular weight is 262 g/mol. The first kappa shape index (κ1) is 13.2. The van der Waals surface area contributed by atoms with E-state index in [1.807, 2.05) is 13.8 Å². The van der Waals surface area contributed by atoms with Gasteiger partial charge < -0.3 is 4.74 Å². The van der Waals surface area contributed by atoms with Crippen LogP contribution in [-0.2, 0) is 14.6 Å². The van der Waals surface area contributed by atoms with E-state index < -0.39 is 15.8 Å². The van der Waals surface area contributed by atoms with E-state index in [2.05, 4.69) is 4.74 Å². The molecule has 16 heavy (non-hydrogen) atoms. The molecule has 0 saturated carbocycles. The van der Waals surface area contributed by atoms with Gasteiger partial charge in [0, 0.05) is 11.1 Å². The number of thiophene rings is 1. The number of esters is 1. The molecule has 0 atom stereocenters. The molecule has 0 bridgehead atoms. The van der Waals surface area contributed by atoms with E-state index >= 15 is 0 Å². The quantitative estimate of drug-likeness (QED) is 0.782. The van der Waals surface area contributed by atoms with Gasteiger partial charge in [0.15, 0.2) is 9.84 Å². The van der Waals surface area contributed by atoms with Gasteiger partial charge >= 0.3 is 5.97 Å². The lowest BCUT2D eigenvalue weighted by molar-refractivity contribution is 0.0606. The Morgan fingerprint density at radius 1 is 1.44 bits per heavy atom. The van der Waals surface area contributed by atoms with Crippen LogP contribution in [0.3, 0.4) is 0 Å². The Hall–Kier alpha value is -0.880. The maximum Gasteiger partial charge on any atom is 0.348 e. The van der Waals surface area contributed by atoms with Crippen LogP contribution in [0.2, 0.25) is 0 Å². The van der Waals surface area contributed by atoms with E-state index in [1.165, 1.54) is 24.5 Å². The number of hydrogen-bond donors (Lipinski definition) is 0. The summed E-state index contributed by atoms with van der Waals surface area (Å²) in [6, 6.07) is 1.39. The zero-order valence-corrected chi connectivity index (χ0v) is 11.2. The summed E-state index contributed by atoms with van der Waals surface area (Å²) < 4.78 is 27.6. The molecule has 0 aliphatic rings. The molecule has 0 saturated heterocycles. The van der Waals surface area contributed by atoms with Crippen LogP contribution in [0, 0.1) is 0 Å². The van der Waals surface area contributed by atoms with Crippen molar-refractivity contribution in [3.8, 4) is 0 Å². The van der Waals surface area contributed by atoms with Crippen molar-refractivity contribution >= 4 is 27.1 Å². The molecule has 0 radical (unpaired) electrons. The molecule has 90 valence electrons. The third-order valence-corrected chi connectivity index (χ3v) is 4.72. The summed E-state index contributed by atoms with van der Waals surface area (Å²) in [5.74, 6) is -0.435. The summed E-state index contributed by atoms with van der Waals surface area (Å²) in [5, 5.41) is 0. The van der Waals surface area contributed by atoms with E-state index in [1.54, 1.807) is 0 Å². The Morgan fingerprint density at radius 2 is 2.00 bits per heavy atom. The fraction of sp³-hybridized carbons (Fsp3) is 0.500. The molecule has 0 spiro atoms. The monoisotopic (exact) mass is 262 g/mol. The largest absolute Gasteiger partial charge is 0.465 e. The SMILES string of the molecule is COC(=O)c1cc(S(C)(=O)=O)c(C(C)C)s1. The van der Waals surface area contributed by atoms with Crippen LogP contribution in [0.4, 0.5) is 0 Å². The second-order valence-electron chi connectivity index (χ2n) is 3.76. The van der Waals surface area contributed by atoms with Crippen molar-refractivity contribution in [2.24, 2.45) is 0 Å². The maximum absolute atomic E-state index is 11.5. The second-order valence-corrected chi connectivity index (χ2v) is 6.83. The van der Waals surface area contributed by atoms with Gasteiger partial charge in [0.2, 0.25) is 0 Å². The van der Waals surface area contributed by atoms with Gasteiger partial charge in [-0.3, -0.25) is 0 Å². The molecule has 0 aliphatic heterocycles. The highest BCUT2D eigenvalue weighted by Gasteiger charge is 2.22. The first-order valence-electron chi connectivity index (χ1n) is 4.69. The summed E-state index contributed by atoms with van der Waals surface area (Å²) in [5.41, 5.74) is 0. The molecule has 1 rings (SSSR count). The van der Waals surface area contributed by atoms with Crippen molar-refractivity contribution in [3.63, 3.8) is 0 Å². The highest BCUT2D eigenvalue weighted by atomic mass is 32.2. The lowest BCUT2D eigenvalue weighted by Crippen LogP contribution is -2.00. The summed E-state index contributed by atoms with van der Waals surface area (Å²) in [7, 11) is -2.02. The van der Waals surface area contributed by atoms with Crippen molar-refractivity contribution in [1.29, 1.82) is 0 Å². The Balaban J connectivity index is 3.38. The molecule has 1 aromatic heterocycles. The molecular formula is C10H14O4S2. The molecule has 0 fully saturated rings. The summed E-state index contributed by atoms with van der Waals surface area (Å²) in [6.45, 7) is 3.78. The molecule has 0 N–H and O–H groups in total. The number of hydrogen-bond acceptors (Lipinski definition) is 5. The highest BCUT2D eigenvalue weighted by molar-refractivity contribution is 7.91. The summed E-state index contributed by atoms with van der Waals surface area (Å²) in [6.07, 6.45) is 1.14. The van der Waals surface area contributed by atoms with Crippen molar-refractivity contribution < 1.29 is 17.9 Å². The van der Waals surface area contributed by atoms with Gasteiger partial charge in [-0.1, -0.05) is 13.8 Å². The van der Waals surface area contributed by atoms with E-state index in [9.17, 15) is 13.2 Å². The molecule has 1 heterocycles. The Labute approximate surface area is 99.2 Å². The van der Waals surface area contributed by atoms with E-state index in [4.69, 9.17) is 0 Å². The Morgan fingerprint density at radius 3 is 2.31 bits per heavy atom. The van der Waals surface area contributed by atoms with Gasteiger partial charge in [-0.25, -0.2) is 13.2 Å². The van der Waals surface area contributed by atoms with Gasteiger partial charge in [-0.2, -0.15) is 0 Å². The standard InChI is InChI=1S/C10H14O4S2/c1-6(2)9-8(16(4,12)13)5-7(15-9)10(11)14-3/h5-6H,1-4H3. The van der Waals surface area contributed by atoms with Crippen LogP contribution in [0.1, 0.15) is 34.3 Å². The zero-order chi connectivity index (χ0) is 12.5. The third-order valence-electron chi connectivity index (χ3n) is 2.04. The summed E-state index contributed by atoms with van der Waals surface area (Å²) >= 11 is 1.17. The third kappa shape index (κ3) is 2.62. The van der Waals surface area contributed by atoms with E-state index in [0.29, 0.717) is 9.75 Å². The minimum Gasteiger partial charge on any atom is -0.465 e. The fourth-order valence-corrected chi connectivity index (χ4v) is 3.84. The molecule has 0 amide bonds. The maximum atomic E-state index is 11.5. The minimum atomic E-state index is -3.30. The predicted octanol–water partition coefficient (Wildman–Crippen LogP) is 2.06. The van der Waals surface area contributed by atoms with Gasteiger partial charge in [-0.05, 0) is 12.0 Å². The number of methoxy groups -OCH3 is 1. The van der Waals surface area contributed by atoms with Crippen molar-refractivity contribution in [3.05, 3.63) is 15.8 Å². The van der Waals surface area contributed by atoms with Crippen molar-refractivity contribution in [1.82, 2.24) is 0 Å². The van der Waals surface area contributed by atoms with Crippen LogP contribution in [-0.4, -0.2) is 27.8 Å². The molecule has 0 aliphatic carbocycles. The minimum absolute atomic E-state index is 0.0631. The van der Waals surface area contributed by atoms with Crippen LogP contribution in [0.15, 0.2) is 11.0 Å². The summed E-state index contributed by atoms with van der Waals surface area (Å²) in [4.78, 5) is 12.6. The smallest absolute Gasteiger partial charge is 0.348 e. The topological polar surface area (TPSA) is 60.4 Å². The molecular weight excluding hydrogens is 248 g/mol. The Kier molecular flexibility index (Phi) is 3.75. The number of carbonyl (C=O) groups is 1. The van der Waals surface area contributed by atoms with Crippen molar-refractivity contribution in [2.45, 2.75) is 24.7 Å². The number of carbonyl (C=O) groups excluding carboxylic acids is 1. The first-order chi connectivity index (χ1) is 7.27. The predicted molar refractivity (Wildman–Crippen MR) is 62.9 cm³/mol. The molecule has 0 unspecified atom stereocenters. The molecule has 0 aromatic carbocycles. The normalized spacial score (nSPS) is 11.8.